The summed E-state index contributed by atoms with van der Waals surface area (Å²) in [5.41, 5.74) is 19.5. The molecule has 382 valence electrons. The maximum absolute atomic E-state index is 13.9. The van der Waals surface area contributed by atoms with E-state index in [1.54, 1.807) is 24.4 Å². The molecule has 3 heterocycles. The predicted molar refractivity (Wildman–Crippen MR) is 311 cm³/mol. The van der Waals surface area contributed by atoms with Crippen molar-refractivity contribution >= 4 is 0 Å². The molecule has 0 aliphatic heterocycles. The molecule has 2 unspecified atom stereocenters. The van der Waals surface area contributed by atoms with Gasteiger partial charge in [0.05, 0.1) is 0 Å². The Morgan fingerprint density at radius 3 is 1.18 bits per heavy atom. The Kier molecular flexibility index (Phi) is 14.2. The van der Waals surface area contributed by atoms with Crippen LogP contribution in [0.5, 0.6) is 0 Å². The molecule has 77 heavy (non-hydrogen) atoms. The second kappa shape index (κ2) is 22.3. The number of halogens is 1. The fourth-order valence-electron chi connectivity index (χ4n) is 11.2. The quantitative estimate of drug-likeness (QED) is 0.128. The number of aryl methyl sites for hydroxylation is 1. The fourth-order valence-corrected chi connectivity index (χ4v) is 11.2. The first-order valence-corrected chi connectivity index (χ1v) is 26.5. The van der Waals surface area contributed by atoms with Crippen LogP contribution in [0.25, 0.3) is 78.3 Å². The number of hydrogen-bond acceptors (Lipinski definition) is 3. The van der Waals surface area contributed by atoms with Crippen molar-refractivity contribution in [3.05, 3.63) is 258 Å². The molecule has 10 aromatic rings. The van der Waals surface area contributed by atoms with Crippen molar-refractivity contribution in [2.45, 2.75) is 96.2 Å². The molecule has 1 aliphatic rings. The zero-order valence-corrected chi connectivity index (χ0v) is 46.9. The summed E-state index contributed by atoms with van der Waals surface area (Å²) in [4.78, 5) is 14.2. The smallest absolute Gasteiger partial charge is 0.305 e. The first kappa shape index (κ1) is 49.2. The summed E-state index contributed by atoms with van der Waals surface area (Å²) >= 11 is 0. The molecule has 0 amide bonds. The Balaban J connectivity index is 0.00000720. The van der Waals surface area contributed by atoms with Gasteiger partial charge in [-0.3, -0.25) is 0 Å². The summed E-state index contributed by atoms with van der Waals surface area (Å²) in [6, 6.07) is 72.6. The molecule has 11 rings (SSSR count). The maximum atomic E-state index is 13.9. The molecule has 1 fully saturated rings. The van der Waals surface area contributed by atoms with E-state index in [1.807, 2.05) is 24.5 Å². The fraction of sp³-hybridized carbons (Fsp3) is 0.208. The van der Waals surface area contributed by atoms with Gasteiger partial charge in [-0.25, -0.2) is 4.39 Å². The molecular weight excluding hydrogens is 1120 g/mol. The van der Waals surface area contributed by atoms with E-state index in [1.165, 1.54) is 51.1 Å². The van der Waals surface area contributed by atoms with Crippen LogP contribution in [0, 0.1) is 30.9 Å². The predicted octanol–water partition coefficient (Wildman–Crippen LogP) is 18.8. The van der Waals surface area contributed by atoms with Crippen LogP contribution in [-0.2, 0) is 30.9 Å². The first-order valence-electron chi connectivity index (χ1n) is 28.0. The number of rotatable bonds is 10. The zero-order valence-electron chi connectivity index (χ0n) is 47.5. The third-order valence-electron chi connectivity index (χ3n) is 15.4. The SMILES string of the molecule is [2H]C([2H])([2H])c1cc(-c2[c-]cc(-c3ccccc3C3CC(c4ccccc4-c4c[c-]c(-c5cc(C(C)(C)C)ccn5)cc4)CC(c4ccccc4-c4c[c-]c(-c5cc(C(C)(C)C)ccn5)cc4)C3)cc2)ncc1-c1ccc(F)cc1.[Ir+3]. The van der Waals surface area contributed by atoms with Crippen molar-refractivity contribution in [2.75, 3.05) is 0 Å². The van der Waals surface area contributed by atoms with Crippen LogP contribution in [0.4, 0.5) is 4.39 Å². The molecule has 2 atom stereocenters. The first-order chi connectivity index (χ1) is 37.9. The number of pyridine rings is 3. The van der Waals surface area contributed by atoms with Crippen molar-refractivity contribution in [3.8, 4) is 78.3 Å². The van der Waals surface area contributed by atoms with Gasteiger partial charge in [0.1, 0.15) is 5.82 Å². The van der Waals surface area contributed by atoms with E-state index in [-0.39, 0.29) is 60.1 Å². The number of hydrogen-bond donors (Lipinski definition) is 0. The second-order valence-corrected chi connectivity index (χ2v) is 22.5. The van der Waals surface area contributed by atoms with Gasteiger partial charge in [0.2, 0.25) is 0 Å². The third kappa shape index (κ3) is 11.5. The topological polar surface area (TPSA) is 38.7 Å². The Labute approximate surface area is 473 Å². The Morgan fingerprint density at radius 1 is 0.442 bits per heavy atom. The Bertz CT molecular complexity index is 3630. The molecular formula is C72H63FIrN3. The van der Waals surface area contributed by atoms with Crippen molar-refractivity contribution in [2.24, 2.45) is 0 Å². The molecule has 0 saturated heterocycles. The van der Waals surface area contributed by atoms with E-state index in [4.69, 9.17) is 19.1 Å². The molecule has 0 radical (unpaired) electrons. The Hall–Kier alpha value is -7.43. The van der Waals surface area contributed by atoms with Gasteiger partial charge in [0.25, 0.3) is 0 Å². The summed E-state index contributed by atoms with van der Waals surface area (Å²) in [5.74, 6) is 0.228. The average Bonchev–Trinajstić information content (AvgIpc) is 3.54. The molecule has 7 aromatic carbocycles. The maximum Gasteiger partial charge on any atom is 3.00 e. The summed E-state index contributed by atoms with van der Waals surface area (Å²) in [6.07, 6.45) is 8.24. The molecule has 1 aliphatic carbocycles. The van der Waals surface area contributed by atoms with E-state index < -0.39 is 6.85 Å². The summed E-state index contributed by atoms with van der Waals surface area (Å²) in [5, 5.41) is 0. The van der Waals surface area contributed by atoms with Gasteiger partial charge in [-0.1, -0.05) is 178 Å². The Morgan fingerprint density at radius 2 is 0.818 bits per heavy atom. The molecule has 1 saturated carbocycles. The van der Waals surface area contributed by atoms with Crippen LogP contribution in [0.3, 0.4) is 0 Å². The third-order valence-corrected chi connectivity index (χ3v) is 15.4. The summed E-state index contributed by atoms with van der Waals surface area (Å²) in [7, 11) is 0. The van der Waals surface area contributed by atoms with Gasteiger partial charge < -0.3 is 15.0 Å². The van der Waals surface area contributed by atoms with E-state index in [0.29, 0.717) is 22.4 Å². The molecule has 5 heteroatoms. The monoisotopic (exact) mass is 1180 g/mol. The van der Waals surface area contributed by atoms with Crippen molar-refractivity contribution in [3.63, 3.8) is 0 Å². The van der Waals surface area contributed by atoms with E-state index in [9.17, 15) is 4.39 Å². The average molecular weight is 1180 g/mol. The van der Waals surface area contributed by atoms with E-state index >= 15 is 0 Å². The van der Waals surface area contributed by atoms with Crippen molar-refractivity contribution < 1.29 is 28.6 Å². The van der Waals surface area contributed by atoms with E-state index in [0.717, 1.165) is 64.0 Å². The zero-order chi connectivity index (χ0) is 55.1. The number of benzene rings is 7. The van der Waals surface area contributed by atoms with Crippen LogP contribution < -0.4 is 0 Å². The van der Waals surface area contributed by atoms with Gasteiger partial charge in [0, 0.05) is 28.3 Å². The number of aromatic nitrogens is 3. The minimum Gasteiger partial charge on any atom is -0.305 e. The molecule has 3 nitrogen and oxygen atoms in total. The van der Waals surface area contributed by atoms with Gasteiger partial charge in [-0.05, 0) is 135 Å². The van der Waals surface area contributed by atoms with Crippen LogP contribution in [0.2, 0.25) is 0 Å². The van der Waals surface area contributed by atoms with Crippen LogP contribution >= 0.6 is 0 Å². The molecule has 0 spiro atoms. The molecule has 0 N–H and O–H groups in total. The van der Waals surface area contributed by atoms with Gasteiger partial charge in [-0.15, -0.1) is 89.5 Å². The van der Waals surface area contributed by atoms with Gasteiger partial charge in [-0.2, -0.15) is 0 Å². The van der Waals surface area contributed by atoms with Crippen molar-refractivity contribution in [1.29, 1.82) is 0 Å². The van der Waals surface area contributed by atoms with Gasteiger partial charge >= 0.3 is 20.1 Å². The second-order valence-electron chi connectivity index (χ2n) is 22.5. The largest absolute Gasteiger partial charge is 3.00 e. The van der Waals surface area contributed by atoms with Crippen LogP contribution in [-0.4, -0.2) is 15.0 Å². The minimum absolute atomic E-state index is 0. The summed E-state index contributed by atoms with van der Waals surface area (Å²) in [6.45, 7) is 10.9. The van der Waals surface area contributed by atoms with Crippen LogP contribution in [0.1, 0.15) is 116 Å². The normalized spacial score (nSPS) is 16.4. The summed E-state index contributed by atoms with van der Waals surface area (Å²) < 4.78 is 39.1. The van der Waals surface area contributed by atoms with Gasteiger partial charge in [0.15, 0.2) is 0 Å². The van der Waals surface area contributed by atoms with Crippen LogP contribution in [0.15, 0.2) is 201 Å². The van der Waals surface area contributed by atoms with E-state index in [2.05, 4.69) is 199 Å². The molecule has 0 bridgehead atoms. The molecule has 3 aromatic heterocycles. The van der Waals surface area contributed by atoms with Crippen molar-refractivity contribution in [1.82, 2.24) is 15.0 Å². The standard InChI is InChI=1S/C72H63FN3.Ir/c1-47-40-68(76-46-67(47)51-32-34-60(73)35-33-51)52-26-20-48(21-27-52)61-14-8-11-17-64(61)55-41-56(65-18-12-9-15-62(65)49-22-28-53(29-23-49)69-44-58(36-38-74-69)71(2,3)4)43-57(42-55)66-19-13-10-16-63(66)50-24-30-54(31-25-50)70-45-59(37-39-75-70)72(5,6)7;/h8-26,28,30,32-40,44-46,55-57H,41-43H2,1-7H3;/q-3;+3/i1D3;. The number of nitrogens with zero attached hydrogens (tertiary/aromatic N) is 3. The minimum atomic E-state index is -2.42.